The molecule has 0 bridgehead atoms. The third-order valence-electron chi connectivity index (χ3n) is 5.82. The fourth-order valence-electron chi connectivity index (χ4n) is 3.96. The Hall–Kier alpha value is -3.48. The molecule has 3 aromatic rings. The number of hydrogen-bond donors (Lipinski definition) is 2. The molecule has 1 aliphatic rings. The van der Waals surface area contributed by atoms with Crippen LogP contribution < -0.4 is 15.5 Å². The van der Waals surface area contributed by atoms with Crippen LogP contribution in [0.1, 0.15) is 36.0 Å². The zero-order valence-electron chi connectivity index (χ0n) is 18.4. The Balaban J connectivity index is 1.28. The Morgan fingerprint density at radius 2 is 1.50 bits per heavy atom. The Morgan fingerprint density at radius 3 is 2.12 bits per heavy atom. The summed E-state index contributed by atoms with van der Waals surface area (Å²) in [6, 6.07) is 16.1. The summed E-state index contributed by atoms with van der Waals surface area (Å²) >= 11 is 0. The van der Waals surface area contributed by atoms with Crippen molar-refractivity contribution in [1.29, 1.82) is 0 Å². The second-order valence-corrected chi connectivity index (χ2v) is 8.38. The molecule has 2 N–H and O–H groups in total. The average Bonchev–Trinajstić information content (AvgIpc) is 2.81. The van der Waals surface area contributed by atoms with Gasteiger partial charge in [0, 0.05) is 37.9 Å². The van der Waals surface area contributed by atoms with E-state index in [2.05, 4.69) is 20.6 Å². The summed E-state index contributed by atoms with van der Waals surface area (Å²) in [5.41, 5.74) is 2.50. The molecule has 166 valence electrons. The minimum Gasteiger partial charge on any atom is -0.363 e. The van der Waals surface area contributed by atoms with Gasteiger partial charge in [-0.15, -0.1) is 0 Å². The van der Waals surface area contributed by atoms with Crippen LogP contribution in [0, 0.1) is 5.82 Å². The first-order valence-electron chi connectivity index (χ1n) is 10.9. The van der Waals surface area contributed by atoms with E-state index in [1.165, 1.54) is 12.1 Å². The maximum atomic E-state index is 13.1. The number of aromatic nitrogens is 2. The summed E-state index contributed by atoms with van der Waals surface area (Å²) in [7, 11) is 3.91. The van der Waals surface area contributed by atoms with Crippen molar-refractivity contribution < 1.29 is 9.18 Å². The van der Waals surface area contributed by atoms with Gasteiger partial charge in [0.15, 0.2) is 0 Å². The van der Waals surface area contributed by atoms with Gasteiger partial charge in [-0.2, -0.15) is 4.98 Å². The molecule has 0 saturated heterocycles. The predicted octanol–water partition coefficient (Wildman–Crippen LogP) is 4.50. The maximum Gasteiger partial charge on any atom is 0.251 e. The zero-order valence-corrected chi connectivity index (χ0v) is 18.4. The number of nitrogens with zero attached hydrogens (tertiary/aromatic N) is 3. The zero-order chi connectivity index (χ0) is 22.5. The molecule has 1 aliphatic carbocycles. The van der Waals surface area contributed by atoms with Crippen molar-refractivity contribution in [3.8, 4) is 11.1 Å². The number of amides is 1. The quantitative estimate of drug-likeness (QED) is 0.599. The lowest BCUT2D eigenvalue weighted by Gasteiger charge is -2.29. The lowest BCUT2D eigenvalue weighted by molar-refractivity contribution is 0.0926. The number of rotatable bonds is 6. The second-order valence-electron chi connectivity index (χ2n) is 8.38. The molecule has 6 nitrogen and oxygen atoms in total. The minimum absolute atomic E-state index is 0.0610. The number of benzene rings is 2. The molecular formula is C25H28FN5O. The average molecular weight is 434 g/mol. The molecule has 0 atom stereocenters. The van der Waals surface area contributed by atoms with Gasteiger partial charge in [-0.05, 0) is 67.1 Å². The van der Waals surface area contributed by atoms with Gasteiger partial charge in [0.2, 0.25) is 5.95 Å². The molecule has 4 rings (SSSR count). The van der Waals surface area contributed by atoms with E-state index in [-0.39, 0.29) is 17.8 Å². The molecule has 1 amide bonds. The molecule has 0 aliphatic heterocycles. The maximum absolute atomic E-state index is 13.1. The summed E-state index contributed by atoms with van der Waals surface area (Å²) in [5.74, 6) is 1.19. The van der Waals surface area contributed by atoms with E-state index in [1.807, 2.05) is 49.3 Å². The van der Waals surface area contributed by atoms with Crippen LogP contribution in [0.5, 0.6) is 0 Å². The van der Waals surface area contributed by atoms with Crippen LogP contribution >= 0.6 is 0 Å². The Kier molecular flexibility index (Phi) is 6.63. The van der Waals surface area contributed by atoms with E-state index in [9.17, 15) is 9.18 Å². The van der Waals surface area contributed by atoms with Crippen LogP contribution in [0.3, 0.4) is 0 Å². The molecule has 7 heteroatoms. The first-order chi connectivity index (χ1) is 15.5. The number of anilines is 2. The van der Waals surface area contributed by atoms with Crippen molar-refractivity contribution in [1.82, 2.24) is 15.3 Å². The third-order valence-corrected chi connectivity index (χ3v) is 5.82. The number of nitrogens with one attached hydrogen (secondary N) is 2. The first-order valence-corrected chi connectivity index (χ1v) is 10.9. The molecule has 0 radical (unpaired) electrons. The fourth-order valence-corrected chi connectivity index (χ4v) is 3.96. The van der Waals surface area contributed by atoms with Gasteiger partial charge in [0.05, 0.1) is 0 Å². The predicted molar refractivity (Wildman–Crippen MR) is 125 cm³/mol. The highest BCUT2D eigenvalue weighted by Gasteiger charge is 2.23. The van der Waals surface area contributed by atoms with Crippen molar-refractivity contribution in [3.63, 3.8) is 0 Å². The Labute approximate surface area is 187 Å². The van der Waals surface area contributed by atoms with Gasteiger partial charge < -0.3 is 15.5 Å². The van der Waals surface area contributed by atoms with Crippen molar-refractivity contribution >= 4 is 17.7 Å². The van der Waals surface area contributed by atoms with E-state index < -0.39 is 0 Å². The molecule has 1 aromatic heterocycles. The topological polar surface area (TPSA) is 70.2 Å². The van der Waals surface area contributed by atoms with Gasteiger partial charge in [0.25, 0.3) is 5.91 Å². The van der Waals surface area contributed by atoms with Gasteiger partial charge in [-0.3, -0.25) is 4.79 Å². The monoisotopic (exact) mass is 433 g/mol. The SMILES string of the molecule is CN(C)c1ccnc(NC2CCC(NC(=O)c3ccc(-c4ccc(F)cc4)cc3)CC2)n1. The largest absolute Gasteiger partial charge is 0.363 e. The summed E-state index contributed by atoms with van der Waals surface area (Å²) in [6.07, 6.45) is 5.47. The third kappa shape index (κ3) is 5.41. The molecule has 1 heterocycles. The van der Waals surface area contributed by atoms with Crippen molar-refractivity contribution in [2.45, 2.75) is 37.8 Å². The van der Waals surface area contributed by atoms with Gasteiger partial charge in [-0.1, -0.05) is 24.3 Å². The van der Waals surface area contributed by atoms with Crippen molar-refractivity contribution in [2.75, 3.05) is 24.3 Å². The Bertz CT molecular complexity index is 1040. The summed E-state index contributed by atoms with van der Waals surface area (Å²) in [6.45, 7) is 0. The minimum atomic E-state index is -0.260. The van der Waals surface area contributed by atoms with E-state index in [0.717, 1.165) is 42.6 Å². The standard InChI is InChI=1S/C25H28FN5O/c1-31(2)23-15-16-27-25(30-23)29-22-13-11-21(12-14-22)28-24(32)19-5-3-17(4-6-19)18-7-9-20(26)10-8-18/h3-10,15-16,21-22H,11-14H2,1-2H3,(H,28,32)(H,27,29,30). The van der Waals surface area contributed by atoms with E-state index in [1.54, 1.807) is 18.3 Å². The van der Waals surface area contributed by atoms with Crippen molar-refractivity contribution in [3.05, 3.63) is 72.2 Å². The molecule has 2 aromatic carbocycles. The number of halogens is 1. The van der Waals surface area contributed by atoms with Crippen LogP contribution in [0.4, 0.5) is 16.2 Å². The lowest BCUT2D eigenvalue weighted by atomic mass is 9.91. The lowest BCUT2D eigenvalue weighted by Crippen LogP contribution is -2.40. The summed E-state index contributed by atoms with van der Waals surface area (Å²) in [5, 5.41) is 6.58. The highest BCUT2D eigenvalue weighted by Crippen LogP contribution is 2.23. The van der Waals surface area contributed by atoms with Crippen LogP contribution in [0.25, 0.3) is 11.1 Å². The molecule has 1 saturated carbocycles. The van der Waals surface area contributed by atoms with Crippen LogP contribution in [-0.4, -0.2) is 42.1 Å². The first kappa shape index (κ1) is 21.7. The van der Waals surface area contributed by atoms with Gasteiger partial charge in [-0.25, -0.2) is 9.37 Å². The highest BCUT2D eigenvalue weighted by atomic mass is 19.1. The van der Waals surface area contributed by atoms with Crippen LogP contribution in [-0.2, 0) is 0 Å². The van der Waals surface area contributed by atoms with Crippen LogP contribution in [0.2, 0.25) is 0 Å². The summed E-state index contributed by atoms with van der Waals surface area (Å²) < 4.78 is 13.1. The Morgan fingerprint density at radius 1 is 0.906 bits per heavy atom. The fraction of sp³-hybridized carbons (Fsp3) is 0.320. The summed E-state index contributed by atoms with van der Waals surface area (Å²) in [4.78, 5) is 23.5. The molecule has 0 unspecified atom stereocenters. The number of carbonyl (C=O) groups is 1. The molecule has 32 heavy (non-hydrogen) atoms. The highest BCUT2D eigenvalue weighted by molar-refractivity contribution is 5.94. The molecule has 0 spiro atoms. The number of hydrogen-bond acceptors (Lipinski definition) is 5. The normalized spacial score (nSPS) is 18.1. The van der Waals surface area contributed by atoms with E-state index >= 15 is 0 Å². The van der Waals surface area contributed by atoms with Crippen molar-refractivity contribution in [2.24, 2.45) is 0 Å². The van der Waals surface area contributed by atoms with E-state index in [0.29, 0.717) is 17.6 Å². The van der Waals surface area contributed by atoms with Gasteiger partial charge in [0.1, 0.15) is 11.6 Å². The van der Waals surface area contributed by atoms with Gasteiger partial charge >= 0.3 is 0 Å². The smallest absolute Gasteiger partial charge is 0.251 e. The second kappa shape index (κ2) is 9.77. The molecular weight excluding hydrogens is 405 g/mol. The molecule has 1 fully saturated rings. The number of carbonyl (C=O) groups excluding carboxylic acids is 1. The van der Waals surface area contributed by atoms with E-state index in [4.69, 9.17) is 0 Å². The van der Waals surface area contributed by atoms with Crippen LogP contribution in [0.15, 0.2) is 60.8 Å².